The number of hydrogen-bond donors (Lipinski definition) is 3. The molecule has 1 fully saturated rings. The number of carbonyl (C=O) groups excluding carboxylic acids is 1. The molecular formula is C18H22N4O5S. The van der Waals surface area contributed by atoms with Crippen LogP contribution in [0.1, 0.15) is 19.9 Å². The summed E-state index contributed by atoms with van der Waals surface area (Å²) in [6, 6.07) is 5.05. The quantitative estimate of drug-likeness (QED) is 0.705. The third kappa shape index (κ3) is 3.13. The van der Waals surface area contributed by atoms with Gasteiger partial charge in [-0.25, -0.2) is 4.79 Å². The first-order chi connectivity index (χ1) is 13.2. The summed E-state index contributed by atoms with van der Waals surface area (Å²) >= 11 is 0. The van der Waals surface area contributed by atoms with Gasteiger partial charge in [0.1, 0.15) is 0 Å². The van der Waals surface area contributed by atoms with Gasteiger partial charge in [0.25, 0.3) is 0 Å². The number of fused-ring (bicyclic) bond motifs is 1. The molecule has 3 N–H and O–H groups in total. The van der Waals surface area contributed by atoms with E-state index in [0.717, 1.165) is 11.1 Å². The van der Waals surface area contributed by atoms with E-state index in [9.17, 15) is 23.8 Å². The Hall–Kier alpha value is -2.56. The van der Waals surface area contributed by atoms with Crippen molar-refractivity contribution in [3.63, 3.8) is 0 Å². The van der Waals surface area contributed by atoms with E-state index in [-0.39, 0.29) is 24.5 Å². The molecule has 4 rings (SSSR count). The van der Waals surface area contributed by atoms with Crippen LogP contribution in [0, 0.1) is 0 Å². The minimum atomic E-state index is -2.45. The lowest BCUT2D eigenvalue weighted by Crippen LogP contribution is -2.51. The van der Waals surface area contributed by atoms with E-state index in [1.54, 1.807) is 27.9 Å². The van der Waals surface area contributed by atoms with Gasteiger partial charge in [0.05, 0.1) is 41.2 Å². The summed E-state index contributed by atoms with van der Waals surface area (Å²) in [6.07, 6.45) is 2.43. The largest absolute Gasteiger partial charge is 0.465 e. The molecule has 28 heavy (non-hydrogen) atoms. The van der Waals surface area contributed by atoms with Crippen LogP contribution < -0.4 is 9.80 Å². The molecule has 2 aliphatic heterocycles. The molecule has 1 saturated heterocycles. The highest BCUT2D eigenvalue weighted by molar-refractivity contribution is 8.25. The molecule has 0 spiro atoms. The average Bonchev–Trinajstić information content (AvgIpc) is 3.07. The van der Waals surface area contributed by atoms with Crippen molar-refractivity contribution in [1.82, 2.24) is 9.78 Å². The molecule has 9 nitrogen and oxygen atoms in total. The number of aromatic nitrogens is 2. The van der Waals surface area contributed by atoms with Crippen LogP contribution in [0.4, 0.5) is 16.2 Å². The normalized spacial score (nSPS) is 22.4. The Labute approximate surface area is 163 Å². The van der Waals surface area contributed by atoms with Crippen LogP contribution >= 0.6 is 10.6 Å². The predicted octanol–water partition coefficient (Wildman–Crippen LogP) is 3.09. The van der Waals surface area contributed by atoms with Crippen molar-refractivity contribution in [2.24, 2.45) is 0 Å². The van der Waals surface area contributed by atoms with Gasteiger partial charge in [0, 0.05) is 25.2 Å². The van der Waals surface area contributed by atoms with Crippen molar-refractivity contribution in [2.75, 3.05) is 27.9 Å². The molecule has 150 valence electrons. The van der Waals surface area contributed by atoms with Crippen molar-refractivity contribution in [3.8, 4) is 11.1 Å². The fourth-order valence-corrected chi connectivity index (χ4v) is 5.31. The molecule has 2 aliphatic rings. The minimum absolute atomic E-state index is 0.0408. The van der Waals surface area contributed by atoms with Gasteiger partial charge in [-0.15, -0.1) is 0 Å². The standard InChI is InChI=1S/C18H22N4O5S/c1-11-7-20(18(24)25)17-5-13(3-4-16(17)22(11)12(2)23)14-6-19-21(8-14)15-9-28(26,27)10-15/h3-6,8,11,15,26-27H,7,9-10H2,1-2H3,(H,24,25)/t11-/m0/s1. The van der Waals surface area contributed by atoms with Gasteiger partial charge in [0.15, 0.2) is 0 Å². The number of rotatable bonds is 2. The zero-order valence-electron chi connectivity index (χ0n) is 15.5. The molecule has 0 unspecified atom stereocenters. The highest BCUT2D eigenvalue weighted by atomic mass is 32.3. The monoisotopic (exact) mass is 406 g/mol. The third-order valence-electron chi connectivity index (χ3n) is 5.21. The second-order valence-electron chi connectivity index (χ2n) is 7.33. The van der Waals surface area contributed by atoms with Crippen molar-refractivity contribution in [3.05, 3.63) is 30.6 Å². The van der Waals surface area contributed by atoms with Crippen LogP contribution in [0.3, 0.4) is 0 Å². The molecule has 0 saturated carbocycles. The zero-order valence-corrected chi connectivity index (χ0v) is 16.3. The summed E-state index contributed by atoms with van der Waals surface area (Å²) in [4.78, 5) is 26.7. The minimum Gasteiger partial charge on any atom is -0.465 e. The lowest BCUT2D eigenvalue weighted by Gasteiger charge is -2.46. The highest BCUT2D eigenvalue weighted by Crippen LogP contribution is 2.53. The fraction of sp³-hybridized carbons (Fsp3) is 0.389. The topological polar surface area (TPSA) is 119 Å². The number of benzene rings is 1. The van der Waals surface area contributed by atoms with Crippen LogP contribution in [0.2, 0.25) is 0 Å². The maximum absolute atomic E-state index is 12.1. The van der Waals surface area contributed by atoms with E-state index in [1.165, 1.54) is 11.8 Å². The second kappa shape index (κ2) is 6.50. The highest BCUT2D eigenvalue weighted by Gasteiger charge is 2.36. The van der Waals surface area contributed by atoms with Crippen molar-refractivity contribution < 1.29 is 23.8 Å². The van der Waals surface area contributed by atoms with E-state index in [1.807, 2.05) is 19.2 Å². The van der Waals surface area contributed by atoms with E-state index in [4.69, 9.17) is 0 Å². The van der Waals surface area contributed by atoms with Gasteiger partial charge in [-0.1, -0.05) is 6.07 Å². The number of hydrogen-bond acceptors (Lipinski definition) is 5. The molecule has 10 heteroatoms. The van der Waals surface area contributed by atoms with E-state index in [2.05, 4.69) is 5.10 Å². The average molecular weight is 406 g/mol. The predicted molar refractivity (Wildman–Crippen MR) is 107 cm³/mol. The first kappa shape index (κ1) is 18.8. The molecule has 3 heterocycles. The van der Waals surface area contributed by atoms with Crippen LogP contribution in [0.25, 0.3) is 11.1 Å². The van der Waals surface area contributed by atoms with Gasteiger partial charge in [-0.3, -0.25) is 23.5 Å². The molecule has 0 aliphatic carbocycles. The Bertz CT molecular complexity index is 951. The maximum Gasteiger partial charge on any atom is 0.411 e. The third-order valence-corrected chi connectivity index (χ3v) is 7.05. The van der Waals surface area contributed by atoms with E-state index >= 15 is 0 Å². The summed E-state index contributed by atoms with van der Waals surface area (Å²) in [5.74, 6) is 0.468. The Morgan fingerprint density at radius 1 is 1.18 bits per heavy atom. The van der Waals surface area contributed by atoms with Crippen LogP contribution in [-0.4, -0.2) is 60.1 Å². The van der Waals surface area contributed by atoms with Gasteiger partial charge in [-0.05, 0) is 24.6 Å². The molecular weight excluding hydrogens is 384 g/mol. The first-order valence-corrected chi connectivity index (χ1v) is 10.8. The lowest BCUT2D eigenvalue weighted by atomic mass is 10.0. The Morgan fingerprint density at radius 3 is 2.50 bits per heavy atom. The van der Waals surface area contributed by atoms with Gasteiger partial charge >= 0.3 is 6.09 Å². The molecule has 2 amide bonds. The van der Waals surface area contributed by atoms with Crippen LogP contribution in [-0.2, 0) is 4.79 Å². The van der Waals surface area contributed by atoms with Crippen molar-refractivity contribution >= 4 is 34.0 Å². The fourth-order valence-electron chi connectivity index (χ4n) is 3.87. The maximum atomic E-state index is 12.1. The van der Waals surface area contributed by atoms with Gasteiger partial charge in [-0.2, -0.15) is 15.7 Å². The Morgan fingerprint density at radius 2 is 1.89 bits per heavy atom. The Kier molecular flexibility index (Phi) is 4.36. The van der Waals surface area contributed by atoms with Crippen LogP contribution in [0.5, 0.6) is 0 Å². The van der Waals surface area contributed by atoms with Crippen molar-refractivity contribution in [2.45, 2.75) is 25.9 Å². The Balaban J connectivity index is 1.69. The summed E-state index contributed by atoms with van der Waals surface area (Å²) in [7, 11) is -2.45. The lowest BCUT2D eigenvalue weighted by molar-refractivity contribution is -0.117. The summed E-state index contributed by atoms with van der Waals surface area (Å²) < 4.78 is 20.9. The number of nitrogens with zero attached hydrogens (tertiary/aromatic N) is 4. The van der Waals surface area contributed by atoms with Gasteiger partial charge in [0.2, 0.25) is 5.91 Å². The molecule has 1 aromatic heterocycles. The number of anilines is 2. The number of amides is 2. The molecule has 1 atom stereocenters. The van der Waals surface area contributed by atoms with E-state index < -0.39 is 16.7 Å². The van der Waals surface area contributed by atoms with Crippen molar-refractivity contribution in [1.29, 1.82) is 0 Å². The first-order valence-electron chi connectivity index (χ1n) is 8.89. The second-order valence-corrected chi connectivity index (χ2v) is 9.60. The zero-order chi connectivity index (χ0) is 20.2. The molecule has 1 aromatic carbocycles. The molecule has 0 bridgehead atoms. The van der Waals surface area contributed by atoms with Crippen LogP contribution in [0.15, 0.2) is 30.6 Å². The number of carbonyl (C=O) groups is 2. The molecule has 2 aromatic rings. The molecule has 0 radical (unpaired) electrons. The summed E-state index contributed by atoms with van der Waals surface area (Å²) in [5.41, 5.74) is 2.60. The van der Waals surface area contributed by atoms with E-state index in [0.29, 0.717) is 22.9 Å². The van der Waals surface area contributed by atoms with Gasteiger partial charge < -0.3 is 10.0 Å². The number of carboxylic acid groups (broad SMARTS) is 1. The SMILES string of the molecule is CC(=O)N1c2ccc(-c3cnn(C4CS(O)(O)C4)c3)cc2N(C(=O)O)C[C@@H]1C. The summed E-state index contributed by atoms with van der Waals surface area (Å²) in [6.45, 7) is 3.49. The summed E-state index contributed by atoms with van der Waals surface area (Å²) in [5, 5.41) is 13.9. The smallest absolute Gasteiger partial charge is 0.411 e.